The van der Waals surface area contributed by atoms with Crippen LogP contribution in [0.5, 0.6) is 0 Å². The number of amides is 3. The van der Waals surface area contributed by atoms with Crippen LogP contribution in [0.15, 0.2) is 24.1 Å². The Morgan fingerprint density at radius 2 is 2.19 bits per heavy atom. The number of nitrogens with one attached hydrogen (secondary N) is 2. The Hall–Kier alpha value is -1.83. The fraction of sp³-hybridized carbons (Fsp3) is 0.538. The molecular formula is C13H21N5O2S. The predicted octanol–water partition coefficient (Wildman–Crippen LogP) is 1.57. The summed E-state index contributed by atoms with van der Waals surface area (Å²) in [7, 11) is 0. The third-order valence-corrected chi connectivity index (χ3v) is 3.38. The lowest BCUT2D eigenvalue weighted by molar-refractivity contribution is -0.119. The Bertz CT molecular complexity index is 521. The van der Waals surface area contributed by atoms with Gasteiger partial charge in [-0.15, -0.1) is 16.8 Å². The molecule has 1 aromatic rings. The number of aromatic nitrogens is 3. The smallest absolute Gasteiger partial charge is 0.321 e. The van der Waals surface area contributed by atoms with E-state index in [2.05, 4.69) is 27.4 Å². The van der Waals surface area contributed by atoms with Gasteiger partial charge in [0.05, 0.1) is 5.25 Å². The number of carbonyl (C=O) groups is 2. The summed E-state index contributed by atoms with van der Waals surface area (Å²) < 4.78 is 1.77. The van der Waals surface area contributed by atoms with Crippen molar-refractivity contribution in [2.24, 2.45) is 0 Å². The summed E-state index contributed by atoms with van der Waals surface area (Å²) in [5, 5.41) is 12.9. The molecule has 0 fully saturated rings. The van der Waals surface area contributed by atoms with E-state index < -0.39 is 16.8 Å². The van der Waals surface area contributed by atoms with Crippen LogP contribution < -0.4 is 10.6 Å². The van der Waals surface area contributed by atoms with Gasteiger partial charge in [0.25, 0.3) is 0 Å². The molecule has 0 saturated carbocycles. The van der Waals surface area contributed by atoms with E-state index in [1.807, 2.05) is 20.8 Å². The quantitative estimate of drug-likeness (QED) is 0.636. The molecule has 2 N–H and O–H groups in total. The van der Waals surface area contributed by atoms with E-state index in [4.69, 9.17) is 0 Å². The Morgan fingerprint density at radius 3 is 2.76 bits per heavy atom. The molecule has 0 aliphatic rings. The molecule has 0 bridgehead atoms. The van der Waals surface area contributed by atoms with Crippen LogP contribution in [0.4, 0.5) is 4.79 Å². The van der Waals surface area contributed by atoms with E-state index in [9.17, 15) is 9.59 Å². The minimum atomic E-state index is -0.507. The van der Waals surface area contributed by atoms with Crippen molar-refractivity contribution < 1.29 is 9.59 Å². The average molecular weight is 311 g/mol. The zero-order valence-electron chi connectivity index (χ0n) is 12.7. The van der Waals surface area contributed by atoms with Crippen molar-refractivity contribution in [2.75, 3.05) is 0 Å². The third-order valence-electron chi connectivity index (χ3n) is 2.28. The maximum atomic E-state index is 12.0. The summed E-state index contributed by atoms with van der Waals surface area (Å²) in [6.45, 7) is 11.4. The zero-order valence-corrected chi connectivity index (χ0v) is 13.5. The molecule has 0 aromatic carbocycles. The van der Waals surface area contributed by atoms with Gasteiger partial charge in [-0.05, 0) is 27.7 Å². The maximum absolute atomic E-state index is 12.0. The molecule has 0 aliphatic heterocycles. The highest BCUT2D eigenvalue weighted by Crippen LogP contribution is 2.20. The molecule has 0 radical (unpaired) electrons. The topological polar surface area (TPSA) is 88.9 Å². The van der Waals surface area contributed by atoms with Gasteiger partial charge in [-0.1, -0.05) is 17.8 Å². The van der Waals surface area contributed by atoms with Gasteiger partial charge >= 0.3 is 6.03 Å². The van der Waals surface area contributed by atoms with E-state index >= 15 is 0 Å². The second-order valence-electron chi connectivity index (χ2n) is 5.51. The monoisotopic (exact) mass is 311 g/mol. The number of nitrogens with zero attached hydrogens (tertiary/aromatic N) is 3. The van der Waals surface area contributed by atoms with Crippen LogP contribution in [0, 0.1) is 0 Å². The normalized spacial score (nSPS) is 12.6. The van der Waals surface area contributed by atoms with Gasteiger partial charge in [0.2, 0.25) is 5.91 Å². The van der Waals surface area contributed by atoms with Crippen LogP contribution in [-0.4, -0.2) is 37.5 Å². The molecule has 0 aliphatic carbocycles. The standard InChI is InChI=1S/C13H21N5O2S/c1-6-7-18-8-14-17-12(18)21-9(2)10(19)15-11(20)16-13(3,4)5/h6,8-9H,1,7H2,2-5H3,(H2,15,16,19,20)/t9-/m0/s1. The second kappa shape index (κ2) is 7.26. The lowest BCUT2D eigenvalue weighted by Crippen LogP contribution is -2.49. The largest absolute Gasteiger partial charge is 0.333 e. The summed E-state index contributed by atoms with van der Waals surface area (Å²) in [4.78, 5) is 23.6. The fourth-order valence-electron chi connectivity index (χ4n) is 1.40. The van der Waals surface area contributed by atoms with E-state index in [0.29, 0.717) is 11.7 Å². The van der Waals surface area contributed by atoms with Crippen LogP contribution in [-0.2, 0) is 11.3 Å². The van der Waals surface area contributed by atoms with Crippen LogP contribution in [0.25, 0.3) is 0 Å². The van der Waals surface area contributed by atoms with Crippen molar-refractivity contribution in [3.05, 3.63) is 19.0 Å². The minimum absolute atomic E-state index is 0.380. The van der Waals surface area contributed by atoms with Crippen LogP contribution >= 0.6 is 11.8 Å². The molecule has 7 nitrogen and oxygen atoms in total. The van der Waals surface area contributed by atoms with Crippen molar-refractivity contribution in [3.8, 4) is 0 Å². The summed E-state index contributed by atoms with van der Waals surface area (Å²) in [5.74, 6) is -0.380. The van der Waals surface area contributed by atoms with Crippen molar-refractivity contribution in [3.63, 3.8) is 0 Å². The van der Waals surface area contributed by atoms with Gasteiger partial charge in [-0.25, -0.2) is 4.79 Å². The SMILES string of the molecule is C=CCn1cnnc1S[C@@H](C)C(=O)NC(=O)NC(C)(C)C. The van der Waals surface area contributed by atoms with Gasteiger partial charge in [-0.3, -0.25) is 10.1 Å². The molecule has 0 saturated heterocycles. The molecule has 21 heavy (non-hydrogen) atoms. The van der Waals surface area contributed by atoms with Crippen LogP contribution in [0.2, 0.25) is 0 Å². The molecule has 0 spiro atoms. The average Bonchev–Trinajstić information content (AvgIpc) is 2.74. The van der Waals surface area contributed by atoms with Gasteiger partial charge in [0.1, 0.15) is 6.33 Å². The molecular weight excluding hydrogens is 290 g/mol. The summed E-state index contributed by atoms with van der Waals surface area (Å²) in [5.41, 5.74) is -0.398. The molecule has 1 atom stereocenters. The molecule has 0 unspecified atom stereocenters. The van der Waals surface area contributed by atoms with Gasteiger partial charge in [-0.2, -0.15) is 0 Å². The Kier molecular flexibility index (Phi) is 5.95. The highest BCUT2D eigenvalue weighted by atomic mass is 32.2. The zero-order chi connectivity index (χ0) is 16.0. The Balaban J connectivity index is 2.56. The first-order valence-electron chi connectivity index (χ1n) is 6.51. The van der Waals surface area contributed by atoms with E-state index in [1.54, 1.807) is 23.9 Å². The highest BCUT2D eigenvalue weighted by molar-refractivity contribution is 8.00. The van der Waals surface area contributed by atoms with Crippen molar-refractivity contribution in [1.29, 1.82) is 0 Å². The van der Waals surface area contributed by atoms with Crippen molar-refractivity contribution >= 4 is 23.7 Å². The van der Waals surface area contributed by atoms with Crippen molar-refractivity contribution in [2.45, 2.75) is 50.2 Å². The van der Waals surface area contributed by atoms with E-state index in [1.165, 1.54) is 11.8 Å². The Labute approximate surface area is 128 Å². The first kappa shape index (κ1) is 17.2. The number of hydrogen-bond donors (Lipinski definition) is 2. The van der Waals surface area contributed by atoms with Crippen LogP contribution in [0.3, 0.4) is 0 Å². The van der Waals surface area contributed by atoms with Crippen molar-refractivity contribution in [1.82, 2.24) is 25.4 Å². The molecule has 3 amide bonds. The lowest BCUT2D eigenvalue weighted by atomic mass is 10.1. The summed E-state index contributed by atoms with van der Waals surface area (Å²) in [6, 6.07) is -0.507. The summed E-state index contributed by atoms with van der Waals surface area (Å²) in [6.07, 6.45) is 3.29. The number of carbonyl (C=O) groups excluding carboxylic acids is 2. The first-order valence-corrected chi connectivity index (χ1v) is 7.39. The molecule has 1 rings (SSSR count). The molecule has 116 valence electrons. The third kappa shape index (κ3) is 5.99. The number of urea groups is 1. The van der Waals surface area contributed by atoms with Gasteiger partial charge in [0, 0.05) is 12.1 Å². The highest BCUT2D eigenvalue weighted by Gasteiger charge is 2.21. The number of allylic oxidation sites excluding steroid dienone is 1. The summed E-state index contributed by atoms with van der Waals surface area (Å²) >= 11 is 1.23. The fourth-order valence-corrected chi connectivity index (χ4v) is 2.23. The molecule has 1 aromatic heterocycles. The minimum Gasteiger partial charge on any atom is -0.333 e. The van der Waals surface area contributed by atoms with E-state index in [-0.39, 0.29) is 5.91 Å². The molecule has 1 heterocycles. The maximum Gasteiger partial charge on any atom is 0.321 e. The van der Waals surface area contributed by atoms with Gasteiger partial charge in [0.15, 0.2) is 5.16 Å². The first-order chi connectivity index (χ1) is 9.73. The Morgan fingerprint density at radius 1 is 1.52 bits per heavy atom. The molecule has 8 heteroatoms. The second-order valence-corrected chi connectivity index (χ2v) is 6.82. The number of rotatable bonds is 5. The number of imide groups is 1. The number of thioether (sulfide) groups is 1. The number of hydrogen-bond acceptors (Lipinski definition) is 5. The van der Waals surface area contributed by atoms with Gasteiger partial charge < -0.3 is 9.88 Å². The van der Waals surface area contributed by atoms with Crippen LogP contribution in [0.1, 0.15) is 27.7 Å². The predicted molar refractivity (Wildman–Crippen MR) is 82.0 cm³/mol. The van der Waals surface area contributed by atoms with E-state index in [0.717, 1.165) is 0 Å². The lowest BCUT2D eigenvalue weighted by Gasteiger charge is -2.21.